The molecule has 3 rings (SSSR count). The zero-order valence-corrected chi connectivity index (χ0v) is 13.5. The fourth-order valence-corrected chi connectivity index (χ4v) is 2.45. The van der Waals surface area contributed by atoms with E-state index in [0.29, 0.717) is 0 Å². The number of nitrogens with zero attached hydrogens (tertiary/aromatic N) is 2. The summed E-state index contributed by atoms with van der Waals surface area (Å²) in [4.78, 5) is 4.51. The highest BCUT2D eigenvalue weighted by atomic mass is 16.5. The fraction of sp³-hybridized carbons (Fsp3) is 0.529. The summed E-state index contributed by atoms with van der Waals surface area (Å²) in [5, 5.41) is 3.33. The van der Waals surface area contributed by atoms with E-state index in [4.69, 9.17) is 4.74 Å². The van der Waals surface area contributed by atoms with E-state index >= 15 is 0 Å². The van der Waals surface area contributed by atoms with Gasteiger partial charge in [-0.15, -0.1) is 0 Å². The monoisotopic (exact) mass is 289 g/mol. The summed E-state index contributed by atoms with van der Waals surface area (Å²) in [7, 11) is 2.06. The van der Waals surface area contributed by atoms with E-state index in [9.17, 15) is 0 Å². The van der Waals surface area contributed by atoms with Crippen molar-refractivity contribution in [3.63, 3.8) is 0 Å². The molecule has 0 radical (unpaired) electrons. The predicted octanol–water partition coefficient (Wildman–Crippen LogP) is 3.27. The zero-order valence-electron chi connectivity index (χ0n) is 13.5. The van der Waals surface area contributed by atoms with Crippen LogP contribution in [0.4, 0.5) is 11.4 Å². The van der Waals surface area contributed by atoms with Crippen molar-refractivity contribution in [3.05, 3.63) is 36.2 Å². The Bertz CT molecular complexity index is 481. The molecule has 0 atom stereocenters. The maximum Gasteiger partial charge on any atom is 0.0983 e. The van der Waals surface area contributed by atoms with Crippen molar-refractivity contribution in [1.82, 2.24) is 4.90 Å². The number of hydrogen-bond donors (Lipinski definition) is 1. The van der Waals surface area contributed by atoms with Crippen LogP contribution in [0.1, 0.15) is 25.8 Å². The van der Waals surface area contributed by atoms with Gasteiger partial charge in [0.1, 0.15) is 0 Å². The van der Waals surface area contributed by atoms with Crippen LogP contribution in [-0.2, 0) is 11.3 Å². The van der Waals surface area contributed by atoms with Crippen LogP contribution in [0, 0.1) is 0 Å². The first-order valence-electron chi connectivity index (χ1n) is 7.78. The third-order valence-electron chi connectivity index (χ3n) is 3.61. The second-order valence-corrected chi connectivity index (χ2v) is 5.58. The van der Waals surface area contributed by atoms with Gasteiger partial charge in [-0.1, -0.05) is 26.8 Å². The fourth-order valence-electron chi connectivity index (χ4n) is 2.45. The molecule has 0 amide bonds. The minimum atomic E-state index is 0.825. The first-order chi connectivity index (χ1) is 10.2. The van der Waals surface area contributed by atoms with Crippen LogP contribution in [0.3, 0.4) is 0 Å². The number of benzene rings is 1. The van der Waals surface area contributed by atoms with E-state index in [1.807, 2.05) is 0 Å². The highest BCUT2D eigenvalue weighted by Gasteiger charge is 2.17. The Balaban J connectivity index is 0.000000497. The molecule has 0 unspecified atom stereocenters. The van der Waals surface area contributed by atoms with Gasteiger partial charge in [0.05, 0.1) is 19.0 Å². The molecular formula is C17H27N3O. The van der Waals surface area contributed by atoms with Crippen molar-refractivity contribution < 1.29 is 4.74 Å². The number of anilines is 2. The van der Waals surface area contributed by atoms with Gasteiger partial charge in [-0.05, 0) is 23.8 Å². The summed E-state index contributed by atoms with van der Waals surface area (Å²) in [6.07, 6.45) is 1.25. The number of nitrogens with one attached hydrogen (secondary N) is 1. The Labute approximate surface area is 128 Å². The van der Waals surface area contributed by atoms with Crippen LogP contribution in [0.15, 0.2) is 30.6 Å². The summed E-state index contributed by atoms with van der Waals surface area (Å²) in [5.41, 5.74) is 3.80. The van der Waals surface area contributed by atoms with Crippen LogP contribution < -0.4 is 10.2 Å². The van der Waals surface area contributed by atoms with E-state index in [2.05, 4.69) is 60.8 Å². The Morgan fingerprint density at radius 1 is 1.24 bits per heavy atom. The molecule has 4 nitrogen and oxygen atoms in total. The van der Waals surface area contributed by atoms with Gasteiger partial charge in [-0.2, -0.15) is 0 Å². The predicted molar refractivity (Wildman–Crippen MR) is 89.7 cm³/mol. The summed E-state index contributed by atoms with van der Waals surface area (Å²) < 4.78 is 5.39. The molecule has 1 aromatic carbocycles. The van der Waals surface area contributed by atoms with Gasteiger partial charge in [0.2, 0.25) is 0 Å². The Morgan fingerprint density at radius 3 is 2.57 bits per heavy atom. The first-order valence-corrected chi connectivity index (χ1v) is 7.78. The van der Waals surface area contributed by atoms with E-state index in [1.54, 1.807) is 0 Å². The Morgan fingerprint density at radius 2 is 1.90 bits per heavy atom. The smallest absolute Gasteiger partial charge is 0.0983 e. The van der Waals surface area contributed by atoms with Crippen LogP contribution >= 0.6 is 0 Å². The van der Waals surface area contributed by atoms with Crippen LogP contribution in [-0.4, -0.2) is 38.3 Å². The topological polar surface area (TPSA) is 27.7 Å². The van der Waals surface area contributed by atoms with Crippen molar-refractivity contribution in [2.75, 3.05) is 43.6 Å². The number of morpholine rings is 1. The molecule has 4 heteroatoms. The maximum absolute atomic E-state index is 5.39. The molecule has 1 N–H and O–H groups in total. The number of rotatable bonds is 1. The van der Waals surface area contributed by atoms with E-state index < -0.39 is 0 Å². The molecule has 1 aromatic rings. The van der Waals surface area contributed by atoms with Crippen LogP contribution in [0.5, 0.6) is 0 Å². The molecule has 1 fully saturated rings. The molecule has 0 aliphatic carbocycles. The molecule has 0 saturated carbocycles. The van der Waals surface area contributed by atoms with Crippen molar-refractivity contribution in [2.45, 2.75) is 26.8 Å². The highest BCUT2D eigenvalue weighted by molar-refractivity contribution is 5.63. The van der Waals surface area contributed by atoms with Crippen molar-refractivity contribution in [2.24, 2.45) is 0 Å². The number of fused-ring (bicyclic) bond motifs is 1. The average Bonchev–Trinajstić information content (AvgIpc) is 2.50. The summed E-state index contributed by atoms with van der Waals surface area (Å²) in [6, 6.07) is 6.60. The van der Waals surface area contributed by atoms with Gasteiger partial charge in [0.25, 0.3) is 0 Å². The van der Waals surface area contributed by atoms with Crippen molar-refractivity contribution in [1.29, 1.82) is 0 Å². The lowest BCUT2D eigenvalue weighted by Crippen LogP contribution is -2.36. The van der Waals surface area contributed by atoms with E-state index in [0.717, 1.165) is 38.7 Å². The molecule has 0 spiro atoms. The van der Waals surface area contributed by atoms with Gasteiger partial charge < -0.3 is 19.9 Å². The zero-order chi connectivity index (χ0) is 15.2. The largest absolute Gasteiger partial charge is 0.378 e. The average molecular weight is 289 g/mol. The minimum Gasteiger partial charge on any atom is -0.378 e. The molecule has 0 bridgehead atoms. The third kappa shape index (κ3) is 3.91. The third-order valence-corrected chi connectivity index (χ3v) is 3.61. The molecule has 2 aliphatic heterocycles. The van der Waals surface area contributed by atoms with Gasteiger partial charge in [0.15, 0.2) is 0 Å². The lowest BCUT2D eigenvalue weighted by molar-refractivity contribution is 0.122. The first kappa shape index (κ1) is 15.7. The lowest BCUT2D eigenvalue weighted by Gasteiger charge is -2.33. The summed E-state index contributed by atoms with van der Waals surface area (Å²) in [6.45, 7) is 12.8. The normalized spacial score (nSPS) is 17.6. The highest BCUT2D eigenvalue weighted by Crippen LogP contribution is 2.29. The summed E-state index contributed by atoms with van der Waals surface area (Å²) in [5.74, 6) is 0.960. The second kappa shape index (κ2) is 7.36. The van der Waals surface area contributed by atoms with Crippen LogP contribution in [0.2, 0.25) is 0 Å². The molecule has 116 valence electrons. The molecule has 21 heavy (non-hydrogen) atoms. The molecule has 0 aromatic heterocycles. The minimum absolute atomic E-state index is 0.825. The standard InChI is InChI=1S/C14H19N3O.C3H8/c1-11-15-14-4-3-13(9-12(14)10-16(11)2)17-5-7-18-8-6-17;1-3-2/h3-4,9,15H,1,5-8,10H2,2H3;3H2,1-2H3. The molecule has 2 aliphatic rings. The van der Waals surface area contributed by atoms with Gasteiger partial charge in [-0.3, -0.25) is 0 Å². The Hall–Kier alpha value is -1.68. The second-order valence-electron chi connectivity index (χ2n) is 5.58. The SMILES string of the molecule is C=C1Nc2ccc(N3CCOCC3)cc2CN1C.CCC. The van der Waals surface area contributed by atoms with Crippen molar-refractivity contribution >= 4 is 11.4 Å². The summed E-state index contributed by atoms with van der Waals surface area (Å²) >= 11 is 0. The quantitative estimate of drug-likeness (QED) is 0.859. The number of ether oxygens (including phenoxy) is 1. The molecule has 1 saturated heterocycles. The molecular weight excluding hydrogens is 262 g/mol. The van der Waals surface area contributed by atoms with Gasteiger partial charge >= 0.3 is 0 Å². The lowest BCUT2D eigenvalue weighted by atomic mass is 10.1. The van der Waals surface area contributed by atoms with E-state index in [1.165, 1.54) is 23.4 Å². The van der Waals surface area contributed by atoms with E-state index in [-0.39, 0.29) is 0 Å². The number of hydrogen-bond acceptors (Lipinski definition) is 4. The van der Waals surface area contributed by atoms with Crippen LogP contribution in [0.25, 0.3) is 0 Å². The van der Waals surface area contributed by atoms with Crippen molar-refractivity contribution in [3.8, 4) is 0 Å². The molecule has 2 heterocycles. The Kier molecular flexibility index (Phi) is 5.51. The van der Waals surface area contributed by atoms with Gasteiger partial charge in [-0.25, -0.2) is 0 Å². The van der Waals surface area contributed by atoms with Gasteiger partial charge in [0, 0.05) is 38.1 Å². The maximum atomic E-state index is 5.39.